The van der Waals surface area contributed by atoms with Crippen LogP contribution in [0.5, 0.6) is 0 Å². The molecular formula is C15H20ClN5OS2. The second-order valence-electron chi connectivity index (χ2n) is 5.88. The van der Waals surface area contributed by atoms with Crippen LogP contribution < -0.4 is 10.6 Å². The smallest absolute Gasteiger partial charge is 0.268 e. The molecule has 3 heterocycles. The van der Waals surface area contributed by atoms with Crippen LogP contribution in [0.2, 0.25) is 0 Å². The molecule has 3 aromatic rings. The van der Waals surface area contributed by atoms with Gasteiger partial charge in [0.2, 0.25) is 0 Å². The predicted molar refractivity (Wildman–Crippen MR) is 101 cm³/mol. The molecule has 9 heteroatoms. The first-order valence-corrected chi connectivity index (χ1v) is 9.55. The summed E-state index contributed by atoms with van der Waals surface area (Å²) in [6, 6.07) is 2.09. The highest BCUT2D eigenvalue weighted by Crippen LogP contribution is 2.41. The van der Waals surface area contributed by atoms with Crippen molar-refractivity contribution in [3.8, 4) is 10.8 Å². The van der Waals surface area contributed by atoms with Gasteiger partial charge in [-0.3, -0.25) is 0 Å². The standard InChI is InChI=1S/C15H19N5OS2.ClH/c1-3-20(4-2)14-18-12-10(23-14)8-9(22-12)11-17-13(19-21-11)15(16)6-5-7-15;/h8H,3-7,16H2,1-2H3;1H. The van der Waals surface area contributed by atoms with E-state index in [1.807, 2.05) is 0 Å². The molecule has 4 rings (SSSR count). The van der Waals surface area contributed by atoms with E-state index in [1.165, 1.54) is 0 Å². The highest BCUT2D eigenvalue weighted by molar-refractivity contribution is 7.30. The molecule has 2 N–H and O–H groups in total. The zero-order valence-electron chi connectivity index (χ0n) is 13.6. The fourth-order valence-electron chi connectivity index (χ4n) is 2.77. The second kappa shape index (κ2) is 6.59. The Kier molecular flexibility index (Phi) is 4.83. The maximum absolute atomic E-state index is 6.26. The Hall–Kier alpha value is -1.22. The van der Waals surface area contributed by atoms with Crippen molar-refractivity contribution in [2.45, 2.75) is 38.6 Å². The molecule has 0 unspecified atom stereocenters. The zero-order valence-corrected chi connectivity index (χ0v) is 16.1. The number of nitrogens with zero attached hydrogens (tertiary/aromatic N) is 4. The van der Waals surface area contributed by atoms with Crippen LogP contribution in [0.3, 0.4) is 0 Å². The highest BCUT2D eigenvalue weighted by atomic mass is 35.5. The molecule has 3 aromatic heterocycles. The molecule has 0 aromatic carbocycles. The maximum atomic E-state index is 6.26. The SMILES string of the molecule is CCN(CC)c1nc2sc(-c3nc(C4(N)CCC4)no3)cc2s1.Cl. The van der Waals surface area contributed by atoms with Crippen molar-refractivity contribution in [1.29, 1.82) is 0 Å². The van der Waals surface area contributed by atoms with E-state index < -0.39 is 0 Å². The quantitative estimate of drug-likeness (QED) is 0.714. The van der Waals surface area contributed by atoms with Gasteiger partial charge in [-0.1, -0.05) is 16.5 Å². The molecule has 0 bridgehead atoms. The summed E-state index contributed by atoms with van der Waals surface area (Å²) in [5, 5.41) is 5.16. The highest BCUT2D eigenvalue weighted by Gasteiger charge is 2.39. The van der Waals surface area contributed by atoms with Crippen molar-refractivity contribution in [2.24, 2.45) is 5.73 Å². The van der Waals surface area contributed by atoms with Crippen LogP contribution >= 0.6 is 35.1 Å². The number of thiophene rings is 1. The number of hydrogen-bond donors (Lipinski definition) is 1. The number of rotatable bonds is 5. The summed E-state index contributed by atoms with van der Waals surface area (Å²) in [6.07, 6.45) is 2.99. The van der Waals surface area contributed by atoms with Crippen LogP contribution in [-0.4, -0.2) is 28.2 Å². The van der Waals surface area contributed by atoms with Crippen molar-refractivity contribution in [3.63, 3.8) is 0 Å². The molecule has 1 saturated carbocycles. The fourth-order valence-corrected chi connectivity index (χ4v) is 5.03. The van der Waals surface area contributed by atoms with E-state index >= 15 is 0 Å². The molecule has 0 amide bonds. The van der Waals surface area contributed by atoms with Gasteiger partial charge in [0.15, 0.2) is 11.0 Å². The minimum atomic E-state index is -0.384. The molecule has 0 atom stereocenters. The van der Waals surface area contributed by atoms with Gasteiger partial charge in [0, 0.05) is 13.1 Å². The van der Waals surface area contributed by atoms with Crippen LogP contribution in [0.15, 0.2) is 10.6 Å². The van der Waals surface area contributed by atoms with Crippen LogP contribution in [0.25, 0.3) is 20.3 Å². The Morgan fingerprint density at radius 2 is 2.00 bits per heavy atom. The molecule has 1 fully saturated rings. The number of fused-ring (bicyclic) bond motifs is 1. The predicted octanol–water partition coefficient (Wildman–Crippen LogP) is 4.01. The third-order valence-corrected chi connectivity index (χ3v) is 6.65. The Balaban J connectivity index is 0.00000169. The van der Waals surface area contributed by atoms with E-state index in [9.17, 15) is 0 Å². The summed E-state index contributed by atoms with van der Waals surface area (Å²) >= 11 is 3.30. The summed E-state index contributed by atoms with van der Waals surface area (Å²) in [4.78, 5) is 13.5. The average Bonchev–Trinajstić information content (AvgIpc) is 3.19. The van der Waals surface area contributed by atoms with Gasteiger partial charge in [-0.25, -0.2) is 4.98 Å². The van der Waals surface area contributed by atoms with Gasteiger partial charge in [-0.2, -0.15) is 4.98 Å². The van der Waals surface area contributed by atoms with Gasteiger partial charge in [0.05, 0.1) is 15.1 Å². The Bertz CT molecular complexity index is 803. The number of anilines is 1. The molecule has 130 valence electrons. The van der Waals surface area contributed by atoms with Gasteiger partial charge in [0.25, 0.3) is 5.89 Å². The lowest BCUT2D eigenvalue weighted by molar-refractivity contribution is 0.229. The van der Waals surface area contributed by atoms with Crippen LogP contribution in [0.4, 0.5) is 5.13 Å². The maximum Gasteiger partial charge on any atom is 0.268 e. The molecule has 6 nitrogen and oxygen atoms in total. The number of aromatic nitrogens is 3. The first kappa shape index (κ1) is 17.6. The van der Waals surface area contributed by atoms with Gasteiger partial charge in [-0.15, -0.1) is 23.7 Å². The molecule has 0 aliphatic heterocycles. The third kappa shape index (κ3) is 2.81. The molecular weight excluding hydrogens is 366 g/mol. The number of thiazole rings is 1. The van der Waals surface area contributed by atoms with Crippen LogP contribution in [0.1, 0.15) is 38.9 Å². The summed E-state index contributed by atoms with van der Waals surface area (Å²) in [5.74, 6) is 1.18. The normalized spacial score (nSPS) is 16.0. The Labute approximate surface area is 154 Å². The summed E-state index contributed by atoms with van der Waals surface area (Å²) in [6.45, 7) is 6.23. The summed E-state index contributed by atoms with van der Waals surface area (Å²) in [7, 11) is 0. The summed E-state index contributed by atoms with van der Waals surface area (Å²) < 4.78 is 6.59. The molecule has 1 aliphatic rings. The Morgan fingerprint density at radius 3 is 2.58 bits per heavy atom. The molecule has 0 spiro atoms. The molecule has 24 heavy (non-hydrogen) atoms. The lowest BCUT2D eigenvalue weighted by Gasteiger charge is -2.34. The van der Waals surface area contributed by atoms with Crippen molar-refractivity contribution in [3.05, 3.63) is 11.9 Å². The van der Waals surface area contributed by atoms with E-state index in [2.05, 4.69) is 35.0 Å². The summed E-state index contributed by atoms with van der Waals surface area (Å²) in [5.41, 5.74) is 5.87. The monoisotopic (exact) mass is 385 g/mol. The first-order chi connectivity index (χ1) is 11.1. The minimum absolute atomic E-state index is 0. The van der Waals surface area contributed by atoms with E-state index in [-0.39, 0.29) is 17.9 Å². The Morgan fingerprint density at radius 1 is 1.25 bits per heavy atom. The largest absolute Gasteiger partial charge is 0.349 e. The average molecular weight is 386 g/mol. The number of halogens is 1. The van der Waals surface area contributed by atoms with Gasteiger partial charge < -0.3 is 15.2 Å². The van der Waals surface area contributed by atoms with Crippen molar-refractivity contribution in [2.75, 3.05) is 18.0 Å². The van der Waals surface area contributed by atoms with Crippen molar-refractivity contribution >= 4 is 49.7 Å². The molecule has 0 saturated heterocycles. The van der Waals surface area contributed by atoms with Gasteiger partial charge >= 0.3 is 0 Å². The minimum Gasteiger partial charge on any atom is -0.349 e. The number of hydrogen-bond acceptors (Lipinski definition) is 8. The first-order valence-electron chi connectivity index (χ1n) is 7.91. The topological polar surface area (TPSA) is 81.1 Å². The fraction of sp³-hybridized carbons (Fsp3) is 0.533. The van der Waals surface area contributed by atoms with E-state index in [4.69, 9.17) is 15.2 Å². The van der Waals surface area contributed by atoms with E-state index in [0.29, 0.717) is 11.7 Å². The number of nitrogens with two attached hydrogens (primary N) is 1. The third-order valence-electron chi connectivity index (χ3n) is 4.44. The zero-order chi connectivity index (χ0) is 16.0. The van der Waals surface area contributed by atoms with Crippen LogP contribution in [0, 0.1) is 0 Å². The van der Waals surface area contributed by atoms with Crippen LogP contribution in [-0.2, 0) is 5.54 Å². The van der Waals surface area contributed by atoms with Crippen molar-refractivity contribution in [1.82, 2.24) is 15.1 Å². The van der Waals surface area contributed by atoms with Gasteiger partial charge in [-0.05, 0) is 39.2 Å². The van der Waals surface area contributed by atoms with E-state index in [0.717, 1.165) is 51.9 Å². The van der Waals surface area contributed by atoms with Gasteiger partial charge in [0.1, 0.15) is 4.83 Å². The van der Waals surface area contributed by atoms with Crippen molar-refractivity contribution < 1.29 is 4.52 Å². The lowest BCUT2D eigenvalue weighted by Crippen LogP contribution is -2.44. The lowest BCUT2D eigenvalue weighted by atomic mass is 9.77. The van der Waals surface area contributed by atoms with E-state index in [1.54, 1.807) is 22.7 Å². The molecule has 0 radical (unpaired) electrons. The molecule has 1 aliphatic carbocycles. The second-order valence-corrected chi connectivity index (χ2v) is 7.92.